The van der Waals surface area contributed by atoms with Gasteiger partial charge < -0.3 is 10.6 Å². The van der Waals surface area contributed by atoms with Crippen LogP contribution in [0.25, 0.3) is 0 Å². The molecule has 0 spiro atoms. The van der Waals surface area contributed by atoms with E-state index >= 15 is 0 Å². The van der Waals surface area contributed by atoms with E-state index in [9.17, 15) is 4.39 Å². The Morgan fingerprint density at radius 1 is 1.24 bits per heavy atom. The summed E-state index contributed by atoms with van der Waals surface area (Å²) in [6.45, 7) is 10.3. The van der Waals surface area contributed by atoms with E-state index < -0.39 is 0 Å². The maximum atomic E-state index is 14.0. The van der Waals surface area contributed by atoms with Crippen LogP contribution in [-0.4, -0.2) is 48.4 Å². The number of nitrogens with two attached hydrogens (primary N) is 1. The molecule has 3 N–H and O–H groups in total. The van der Waals surface area contributed by atoms with E-state index in [4.69, 9.17) is 11.1 Å². The fraction of sp³-hybridized carbons (Fsp3) is 0.562. The Labute approximate surface area is 126 Å². The molecule has 0 saturated carbocycles. The normalized spacial score (nSPS) is 17.3. The SMILES string of the molecule is CC(C)CN1CCN(Cc2ccc(C(=N)N)cc2F)CC1. The van der Waals surface area contributed by atoms with Gasteiger partial charge in [-0.3, -0.25) is 10.3 Å². The van der Waals surface area contributed by atoms with Crippen molar-refractivity contribution >= 4 is 5.84 Å². The summed E-state index contributed by atoms with van der Waals surface area (Å²) >= 11 is 0. The number of piperazine rings is 1. The van der Waals surface area contributed by atoms with E-state index in [0.29, 0.717) is 23.6 Å². The van der Waals surface area contributed by atoms with E-state index in [-0.39, 0.29) is 11.7 Å². The van der Waals surface area contributed by atoms with Gasteiger partial charge in [0, 0.05) is 50.4 Å². The number of rotatable bonds is 5. The second-order valence-electron chi connectivity index (χ2n) is 6.19. The molecule has 1 fully saturated rings. The molecule has 0 aliphatic carbocycles. The van der Waals surface area contributed by atoms with Crippen molar-refractivity contribution in [2.45, 2.75) is 20.4 Å². The van der Waals surface area contributed by atoms with E-state index in [1.54, 1.807) is 12.1 Å². The lowest BCUT2D eigenvalue weighted by Crippen LogP contribution is -2.46. The quantitative estimate of drug-likeness (QED) is 0.643. The number of nitrogens with zero attached hydrogens (tertiary/aromatic N) is 2. The molecule has 1 aromatic rings. The summed E-state index contributed by atoms with van der Waals surface area (Å²) in [5, 5.41) is 7.33. The Kier molecular flexibility index (Phi) is 5.31. The van der Waals surface area contributed by atoms with Gasteiger partial charge in [0.15, 0.2) is 0 Å². The highest BCUT2D eigenvalue weighted by Gasteiger charge is 2.18. The average Bonchev–Trinajstić information content (AvgIpc) is 2.42. The van der Waals surface area contributed by atoms with E-state index in [1.165, 1.54) is 6.07 Å². The van der Waals surface area contributed by atoms with E-state index in [0.717, 1.165) is 32.7 Å². The molecule has 116 valence electrons. The number of nitrogens with one attached hydrogen (secondary N) is 1. The lowest BCUT2D eigenvalue weighted by Gasteiger charge is -2.35. The van der Waals surface area contributed by atoms with Crippen LogP contribution < -0.4 is 5.73 Å². The molecule has 1 aliphatic heterocycles. The van der Waals surface area contributed by atoms with Crippen LogP contribution in [0.5, 0.6) is 0 Å². The summed E-state index contributed by atoms with van der Waals surface area (Å²) in [6, 6.07) is 4.81. The molecule has 1 saturated heterocycles. The summed E-state index contributed by atoms with van der Waals surface area (Å²) in [6.07, 6.45) is 0. The zero-order chi connectivity index (χ0) is 15.4. The lowest BCUT2D eigenvalue weighted by molar-refractivity contribution is 0.116. The van der Waals surface area contributed by atoms with Gasteiger partial charge in [-0.2, -0.15) is 0 Å². The van der Waals surface area contributed by atoms with Crippen molar-refractivity contribution in [1.82, 2.24) is 9.80 Å². The van der Waals surface area contributed by atoms with Crippen LogP contribution in [0.15, 0.2) is 18.2 Å². The van der Waals surface area contributed by atoms with Crippen LogP contribution in [0.4, 0.5) is 4.39 Å². The number of halogens is 1. The molecule has 1 aromatic carbocycles. The van der Waals surface area contributed by atoms with Crippen LogP contribution in [0.2, 0.25) is 0 Å². The smallest absolute Gasteiger partial charge is 0.128 e. The summed E-state index contributed by atoms with van der Waals surface area (Å²) in [5.74, 6) is 0.322. The molecule has 5 heteroatoms. The van der Waals surface area contributed by atoms with Crippen molar-refractivity contribution in [1.29, 1.82) is 5.41 Å². The predicted octanol–water partition coefficient (Wildman–Crippen LogP) is 1.88. The van der Waals surface area contributed by atoms with Gasteiger partial charge in [-0.05, 0) is 12.0 Å². The predicted molar refractivity (Wildman–Crippen MR) is 84.0 cm³/mol. The standard InChI is InChI=1S/C16H25FN4/c1-12(2)10-20-5-7-21(8-6-20)11-14-4-3-13(16(18)19)9-15(14)17/h3-4,9,12H,5-8,10-11H2,1-2H3,(H3,18,19). The van der Waals surface area contributed by atoms with Crippen LogP contribution in [-0.2, 0) is 6.54 Å². The molecule has 0 bridgehead atoms. The van der Waals surface area contributed by atoms with Gasteiger partial charge in [-0.25, -0.2) is 4.39 Å². The molecule has 1 heterocycles. The molecule has 0 atom stereocenters. The van der Waals surface area contributed by atoms with Crippen LogP contribution in [0, 0.1) is 17.1 Å². The molecular formula is C16H25FN4. The Bertz CT molecular complexity index is 493. The third-order valence-electron chi connectivity index (χ3n) is 3.85. The van der Waals surface area contributed by atoms with E-state index in [2.05, 4.69) is 23.6 Å². The largest absolute Gasteiger partial charge is 0.384 e. The van der Waals surface area contributed by atoms with Crippen LogP contribution >= 0.6 is 0 Å². The molecule has 0 aromatic heterocycles. The fourth-order valence-corrected chi connectivity index (χ4v) is 2.73. The van der Waals surface area contributed by atoms with E-state index in [1.807, 2.05) is 0 Å². The lowest BCUT2D eigenvalue weighted by atomic mass is 10.1. The molecule has 2 rings (SSSR count). The summed E-state index contributed by atoms with van der Waals surface area (Å²) < 4.78 is 14.0. The Balaban J connectivity index is 1.90. The summed E-state index contributed by atoms with van der Waals surface area (Å²) in [5.41, 5.74) is 6.49. The minimum Gasteiger partial charge on any atom is -0.384 e. The maximum absolute atomic E-state index is 14.0. The summed E-state index contributed by atoms with van der Waals surface area (Å²) in [7, 11) is 0. The fourth-order valence-electron chi connectivity index (χ4n) is 2.73. The number of amidine groups is 1. The van der Waals surface area contributed by atoms with Crippen molar-refractivity contribution in [3.05, 3.63) is 35.1 Å². The number of hydrogen-bond donors (Lipinski definition) is 2. The highest BCUT2D eigenvalue weighted by Crippen LogP contribution is 2.14. The van der Waals surface area contributed by atoms with Gasteiger partial charge in [0.25, 0.3) is 0 Å². The monoisotopic (exact) mass is 292 g/mol. The first-order valence-electron chi connectivity index (χ1n) is 7.53. The first-order valence-corrected chi connectivity index (χ1v) is 7.53. The maximum Gasteiger partial charge on any atom is 0.128 e. The third-order valence-corrected chi connectivity index (χ3v) is 3.85. The molecule has 0 amide bonds. The van der Waals surface area contributed by atoms with Crippen LogP contribution in [0.1, 0.15) is 25.0 Å². The van der Waals surface area contributed by atoms with Gasteiger partial charge in [-0.1, -0.05) is 26.0 Å². The van der Waals surface area contributed by atoms with Gasteiger partial charge >= 0.3 is 0 Å². The Morgan fingerprint density at radius 2 is 1.86 bits per heavy atom. The molecule has 4 nitrogen and oxygen atoms in total. The minimum atomic E-state index is -0.271. The minimum absolute atomic E-state index is 0.0947. The zero-order valence-corrected chi connectivity index (χ0v) is 12.9. The third kappa shape index (κ3) is 4.51. The van der Waals surface area contributed by atoms with Gasteiger partial charge in [0.2, 0.25) is 0 Å². The van der Waals surface area contributed by atoms with Gasteiger partial charge in [0.1, 0.15) is 11.7 Å². The molecular weight excluding hydrogens is 267 g/mol. The van der Waals surface area contributed by atoms with Gasteiger partial charge in [0.05, 0.1) is 0 Å². The zero-order valence-electron chi connectivity index (χ0n) is 12.9. The first kappa shape index (κ1) is 15.9. The van der Waals surface area contributed by atoms with Crippen molar-refractivity contribution in [3.63, 3.8) is 0 Å². The Morgan fingerprint density at radius 3 is 2.38 bits per heavy atom. The van der Waals surface area contributed by atoms with Crippen molar-refractivity contribution in [2.75, 3.05) is 32.7 Å². The highest BCUT2D eigenvalue weighted by molar-refractivity contribution is 5.94. The van der Waals surface area contributed by atoms with Crippen LogP contribution in [0.3, 0.4) is 0 Å². The van der Waals surface area contributed by atoms with Crippen molar-refractivity contribution in [3.8, 4) is 0 Å². The summed E-state index contributed by atoms with van der Waals surface area (Å²) in [4.78, 5) is 4.75. The molecule has 0 radical (unpaired) electrons. The number of benzene rings is 1. The second kappa shape index (κ2) is 7.00. The molecule has 1 aliphatic rings. The van der Waals surface area contributed by atoms with Crippen molar-refractivity contribution in [2.24, 2.45) is 11.7 Å². The molecule has 0 unspecified atom stereocenters. The Hall–Kier alpha value is -1.46. The molecule has 21 heavy (non-hydrogen) atoms. The average molecular weight is 292 g/mol. The highest BCUT2D eigenvalue weighted by atomic mass is 19.1. The topological polar surface area (TPSA) is 56.4 Å². The first-order chi connectivity index (χ1) is 9.95. The van der Waals surface area contributed by atoms with Crippen molar-refractivity contribution < 1.29 is 4.39 Å². The number of hydrogen-bond acceptors (Lipinski definition) is 3. The second-order valence-corrected chi connectivity index (χ2v) is 6.19. The number of nitrogen functional groups attached to an aromatic ring is 1. The van der Waals surface area contributed by atoms with Gasteiger partial charge in [-0.15, -0.1) is 0 Å².